The van der Waals surface area contributed by atoms with Gasteiger partial charge in [0.05, 0.1) is 0 Å². The van der Waals surface area contributed by atoms with Gasteiger partial charge in [-0.3, -0.25) is 0 Å². The fourth-order valence-electron chi connectivity index (χ4n) is 2.70. The van der Waals surface area contributed by atoms with Gasteiger partial charge in [-0.15, -0.1) is 0 Å². The van der Waals surface area contributed by atoms with Crippen LogP contribution in [0.5, 0.6) is 0 Å². The maximum absolute atomic E-state index is 3.54. The zero-order valence-electron chi connectivity index (χ0n) is 11.8. The van der Waals surface area contributed by atoms with Crippen molar-refractivity contribution in [2.24, 2.45) is 0 Å². The number of nitrogens with one attached hydrogen (secondary N) is 4. The molecule has 2 atom stereocenters. The molecule has 4 nitrogen and oxygen atoms in total. The molecule has 1 aliphatic carbocycles. The van der Waals surface area contributed by atoms with Crippen molar-refractivity contribution >= 4 is 0 Å². The first-order valence-corrected chi connectivity index (χ1v) is 7.73. The van der Waals surface area contributed by atoms with Crippen LogP contribution in [0.3, 0.4) is 0 Å². The summed E-state index contributed by atoms with van der Waals surface area (Å²) in [5.74, 6) is 0. The van der Waals surface area contributed by atoms with Gasteiger partial charge in [-0.05, 0) is 58.7 Å². The lowest BCUT2D eigenvalue weighted by Gasteiger charge is -2.09. The summed E-state index contributed by atoms with van der Waals surface area (Å²) < 4.78 is 0. The molecule has 0 aromatic heterocycles. The van der Waals surface area contributed by atoms with Gasteiger partial charge in [0.25, 0.3) is 0 Å². The maximum atomic E-state index is 3.54. The monoisotopic (exact) mass is 254 g/mol. The molecule has 2 unspecified atom stereocenters. The van der Waals surface area contributed by atoms with Gasteiger partial charge >= 0.3 is 0 Å². The van der Waals surface area contributed by atoms with E-state index in [1.807, 2.05) is 7.05 Å². The van der Waals surface area contributed by atoms with E-state index in [0.717, 1.165) is 24.7 Å². The third-order valence-corrected chi connectivity index (χ3v) is 4.01. The van der Waals surface area contributed by atoms with Gasteiger partial charge in [-0.2, -0.15) is 0 Å². The summed E-state index contributed by atoms with van der Waals surface area (Å²) >= 11 is 0. The lowest BCUT2D eigenvalue weighted by molar-refractivity contribution is 0.534. The highest BCUT2D eigenvalue weighted by Gasteiger charge is 2.22. The van der Waals surface area contributed by atoms with Crippen LogP contribution in [0.15, 0.2) is 0 Å². The SMILES string of the molecule is C1CNC(CNC2CC2)C1.CNCC1CCCN1. The van der Waals surface area contributed by atoms with Crippen molar-refractivity contribution < 1.29 is 0 Å². The van der Waals surface area contributed by atoms with Crippen LogP contribution in [-0.2, 0) is 0 Å². The van der Waals surface area contributed by atoms with Crippen LogP contribution in [0.1, 0.15) is 38.5 Å². The van der Waals surface area contributed by atoms with Gasteiger partial charge in [0.15, 0.2) is 0 Å². The van der Waals surface area contributed by atoms with E-state index in [2.05, 4.69) is 21.3 Å². The van der Waals surface area contributed by atoms with Gasteiger partial charge in [0.1, 0.15) is 0 Å². The first-order valence-electron chi connectivity index (χ1n) is 7.73. The number of hydrogen-bond donors (Lipinski definition) is 4. The van der Waals surface area contributed by atoms with Crippen molar-refractivity contribution in [3.8, 4) is 0 Å². The second-order valence-corrected chi connectivity index (χ2v) is 5.83. The van der Waals surface area contributed by atoms with Crippen LogP contribution in [0.2, 0.25) is 0 Å². The summed E-state index contributed by atoms with van der Waals surface area (Å²) in [6, 6.07) is 2.41. The predicted octanol–water partition coefficient (Wildman–Crippen LogP) is 0.448. The Morgan fingerprint density at radius 2 is 1.50 bits per heavy atom. The minimum absolute atomic E-state index is 0.750. The zero-order valence-corrected chi connectivity index (χ0v) is 11.8. The lowest BCUT2D eigenvalue weighted by Crippen LogP contribution is -2.34. The summed E-state index contributed by atoms with van der Waals surface area (Å²) in [4.78, 5) is 0. The quantitative estimate of drug-likeness (QED) is 0.575. The first-order chi connectivity index (χ1) is 8.88. The average molecular weight is 254 g/mol. The van der Waals surface area contributed by atoms with Gasteiger partial charge in [0.2, 0.25) is 0 Å². The fourth-order valence-corrected chi connectivity index (χ4v) is 2.70. The molecule has 106 valence electrons. The molecule has 4 heteroatoms. The second kappa shape index (κ2) is 8.10. The van der Waals surface area contributed by atoms with Gasteiger partial charge < -0.3 is 21.3 Å². The van der Waals surface area contributed by atoms with Crippen molar-refractivity contribution in [3.63, 3.8) is 0 Å². The van der Waals surface area contributed by atoms with E-state index in [1.54, 1.807) is 0 Å². The molecule has 1 saturated carbocycles. The highest BCUT2D eigenvalue weighted by molar-refractivity contribution is 4.84. The Labute approximate surface area is 112 Å². The van der Waals surface area contributed by atoms with Crippen molar-refractivity contribution in [3.05, 3.63) is 0 Å². The van der Waals surface area contributed by atoms with E-state index in [4.69, 9.17) is 0 Å². The Bertz CT molecular complexity index is 206. The minimum atomic E-state index is 0.750. The predicted molar refractivity (Wildman–Crippen MR) is 77.0 cm³/mol. The molecule has 0 amide bonds. The molecule has 2 saturated heterocycles. The Balaban J connectivity index is 0.000000138. The Morgan fingerprint density at radius 3 is 1.94 bits per heavy atom. The van der Waals surface area contributed by atoms with Gasteiger partial charge in [-0.25, -0.2) is 0 Å². The van der Waals surface area contributed by atoms with Crippen molar-refractivity contribution in [1.82, 2.24) is 21.3 Å². The molecule has 3 fully saturated rings. The number of rotatable bonds is 5. The molecule has 2 heterocycles. The van der Waals surface area contributed by atoms with Crippen molar-refractivity contribution in [1.29, 1.82) is 0 Å². The van der Waals surface area contributed by atoms with Crippen LogP contribution >= 0.6 is 0 Å². The Morgan fingerprint density at radius 1 is 0.889 bits per heavy atom. The van der Waals surface area contributed by atoms with Crippen molar-refractivity contribution in [2.45, 2.75) is 56.7 Å². The fraction of sp³-hybridized carbons (Fsp3) is 1.00. The van der Waals surface area contributed by atoms with E-state index in [0.29, 0.717) is 0 Å². The van der Waals surface area contributed by atoms with E-state index < -0.39 is 0 Å². The molecular weight excluding hydrogens is 224 g/mol. The van der Waals surface area contributed by atoms with E-state index >= 15 is 0 Å². The molecule has 4 N–H and O–H groups in total. The van der Waals surface area contributed by atoms with E-state index in [1.165, 1.54) is 58.2 Å². The van der Waals surface area contributed by atoms with Crippen LogP contribution < -0.4 is 21.3 Å². The summed E-state index contributed by atoms with van der Waals surface area (Å²) in [6.45, 7) is 4.77. The third-order valence-electron chi connectivity index (χ3n) is 4.01. The van der Waals surface area contributed by atoms with Crippen LogP contribution in [0.4, 0.5) is 0 Å². The molecule has 0 aromatic rings. The second-order valence-electron chi connectivity index (χ2n) is 5.83. The zero-order chi connectivity index (χ0) is 12.6. The molecule has 0 aromatic carbocycles. The lowest BCUT2D eigenvalue weighted by atomic mass is 10.2. The van der Waals surface area contributed by atoms with E-state index in [9.17, 15) is 0 Å². The maximum Gasteiger partial charge on any atom is 0.0193 e. The molecule has 0 spiro atoms. The van der Waals surface area contributed by atoms with Crippen molar-refractivity contribution in [2.75, 3.05) is 33.2 Å². The topological polar surface area (TPSA) is 48.1 Å². The minimum Gasteiger partial charge on any atom is -0.318 e. The highest BCUT2D eigenvalue weighted by atomic mass is 15.0. The Kier molecular flexibility index (Phi) is 6.41. The molecular formula is C14H30N4. The molecule has 2 aliphatic heterocycles. The van der Waals surface area contributed by atoms with Gasteiger partial charge in [-0.1, -0.05) is 0 Å². The summed E-state index contributed by atoms with van der Waals surface area (Å²) in [7, 11) is 2.00. The molecule has 3 rings (SSSR count). The van der Waals surface area contributed by atoms with Gasteiger partial charge in [0, 0.05) is 31.2 Å². The molecule has 0 radical (unpaired) electrons. The summed E-state index contributed by atoms with van der Waals surface area (Å²) in [5, 5.41) is 13.6. The number of likely N-dealkylation sites (N-methyl/N-ethyl adjacent to an activating group) is 1. The van der Waals surface area contributed by atoms with Crippen LogP contribution in [0.25, 0.3) is 0 Å². The van der Waals surface area contributed by atoms with Crippen LogP contribution in [-0.4, -0.2) is 51.4 Å². The standard InChI is InChI=1S/C8H16N2.C6H14N2/c1-2-8(9-5-1)6-10-7-3-4-7;1-7-5-6-3-2-4-8-6/h7-10H,1-6H2;6-8H,2-5H2,1H3. The normalized spacial score (nSPS) is 31.2. The summed E-state index contributed by atoms with van der Waals surface area (Å²) in [5.41, 5.74) is 0. The van der Waals surface area contributed by atoms with E-state index in [-0.39, 0.29) is 0 Å². The number of hydrogen-bond acceptors (Lipinski definition) is 4. The highest BCUT2D eigenvalue weighted by Crippen LogP contribution is 2.18. The molecule has 18 heavy (non-hydrogen) atoms. The molecule has 3 aliphatic rings. The third kappa shape index (κ3) is 5.65. The van der Waals surface area contributed by atoms with Crippen LogP contribution in [0, 0.1) is 0 Å². The largest absolute Gasteiger partial charge is 0.318 e. The Hall–Kier alpha value is -0.160. The smallest absolute Gasteiger partial charge is 0.0193 e. The summed E-state index contributed by atoms with van der Waals surface area (Å²) in [6.07, 6.45) is 8.27. The average Bonchev–Trinajstić information content (AvgIpc) is 2.86. The molecule has 0 bridgehead atoms. The first kappa shape index (κ1) is 14.3.